The van der Waals surface area contributed by atoms with E-state index in [2.05, 4.69) is 9.97 Å². The van der Waals surface area contributed by atoms with Gasteiger partial charge >= 0.3 is 0 Å². The molecule has 0 saturated carbocycles. The molecule has 0 fully saturated rings. The minimum atomic E-state index is -0.00709. The van der Waals surface area contributed by atoms with Crippen LogP contribution >= 0.6 is 11.6 Å². The number of aromatic nitrogens is 2. The van der Waals surface area contributed by atoms with Crippen molar-refractivity contribution in [2.24, 2.45) is 0 Å². The first-order chi connectivity index (χ1) is 9.74. The van der Waals surface area contributed by atoms with E-state index in [1.807, 2.05) is 12.1 Å². The minimum absolute atomic E-state index is 0.00709. The van der Waals surface area contributed by atoms with E-state index in [1.165, 1.54) is 0 Å². The van der Waals surface area contributed by atoms with E-state index in [9.17, 15) is 0 Å². The van der Waals surface area contributed by atoms with E-state index >= 15 is 0 Å². The molecule has 0 spiro atoms. The summed E-state index contributed by atoms with van der Waals surface area (Å²) in [5.74, 6) is 0.626. The summed E-state index contributed by atoms with van der Waals surface area (Å²) in [6.45, 7) is 0.790. The first kappa shape index (κ1) is 14.7. The Morgan fingerprint density at radius 2 is 1.65 bits per heavy atom. The molecule has 0 radical (unpaired) electrons. The zero-order valence-electron chi connectivity index (χ0n) is 10.9. The van der Waals surface area contributed by atoms with Crippen LogP contribution in [0.5, 0.6) is 0 Å². The molecule has 106 valence electrons. The Hall–Kier alpha value is -1.69. The lowest BCUT2D eigenvalue weighted by molar-refractivity contribution is 0.280. The van der Waals surface area contributed by atoms with Crippen molar-refractivity contribution in [1.29, 1.82) is 0 Å². The van der Waals surface area contributed by atoms with E-state index in [1.54, 1.807) is 29.4 Å². The summed E-state index contributed by atoms with van der Waals surface area (Å²) in [6.07, 6.45) is 3.29. The van der Waals surface area contributed by atoms with E-state index in [4.69, 9.17) is 21.8 Å². The van der Waals surface area contributed by atoms with Gasteiger partial charge in [0.1, 0.15) is 5.82 Å². The number of benzene rings is 1. The number of aliphatic hydroxyl groups is 2. The van der Waals surface area contributed by atoms with Crippen molar-refractivity contribution in [2.45, 2.75) is 0 Å². The van der Waals surface area contributed by atoms with Gasteiger partial charge < -0.3 is 15.1 Å². The van der Waals surface area contributed by atoms with E-state index in [-0.39, 0.29) is 13.2 Å². The minimum Gasteiger partial charge on any atom is -0.395 e. The van der Waals surface area contributed by atoms with E-state index in [0.717, 1.165) is 11.3 Å². The molecule has 2 aromatic rings. The molecule has 1 aromatic heterocycles. The number of hydrogen-bond donors (Lipinski definition) is 2. The van der Waals surface area contributed by atoms with Crippen LogP contribution in [0.1, 0.15) is 0 Å². The van der Waals surface area contributed by atoms with Crippen LogP contribution in [0.15, 0.2) is 36.7 Å². The Bertz CT molecular complexity index is 542. The summed E-state index contributed by atoms with van der Waals surface area (Å²) in [4.78, 5) is 10.5. The summed E-state index contributed by atoms with van der Waals surface area (Å²) < 4.78 is 0. The lowest BCUT2D eigenvalue weighted by Gasteiger charge is -2.21. The van der Waals surface area contributed by atoms with Crippen LogP contribution in [-0.2, 0) is 0 Å². The van der Waals surface area contributed by atoms with Gasteiger partial charge in [0, 0.05) is 23.7 Å². The molecule has 0 bridgehead atoms. The highest BCUT2D eigenvalue weighted by Gasteiger charge is 2.09. The lowest BCUT2D eigenvalue weighted by atomic mass is 10.2. The molecule has 0 aliphatic heterocycles. The van der Waals surface area contributed by atoms with Crippen molar-refractivity contribution in [3.63, 3.8) is 0 Å². The molecule has 5 nitrogen and oxygen atoms in total. The highest BCUT2D eigenvalue weighted by molar-refractivity contribution is 6.30. The van der Waals surface area contributed by atoms with Gasteiger partial charge in [-0.15, -0.1) is 0 Å². The Labute approximate surface area is 122 Å². The van der Waals surface area contributed by atoms with Gasteiger partial charge in [0.15, 0.2) is 0 Å². The first-order valence-electron chi connectivity index (χ1n) is 6.29. The van der Waals surface area contributed by atoms with Crippen LogP contribution in [0.2, 0.25) is 5.02 Å². The van der Waals surface area contributed by atoms with Gasteiger partial charge in [0.2, 0.25) is 0 Å². The van der Waals surface area contributed by atoms with Gasteiger partial charge in [0.05, 0.1) is 31.3 Å². The highest BCUT2D eigenvalue weighted by Crippen LogP contribution is 2.21. The Kier molecular flexibility index (Phi) is 5.29. The third-order valence-corrected chi connectivity index (χ3v) is 3.08. The topological polar surface area (TPSA) is 69.5 Å². The predicted octanol–water partition coefficient (Wildman–Crippen LogP) is 1.59. The number of aliphatic hydroxyl groups excluding tert-OH is 2. The van der Waals surface area contributed by atoms with Gasteiger partial charge in [-0.1, -0.05) is 23.7 Å². The summed E-state index contributed by atoms with van der Waals surface area (Å²) in [5, 5.41) is 18.8. The molecule has 0 atom stereocenters. The van der Waals surface area contributed by atoms with Gasteiger partial charge in [-0.3, -0.25) is 4.98 Å². The van der Waals surface area contributed by atoms with Crippen LogP contribution in [0, 0.1) is 0 Å². The molecule has 0 unspecified atom stereocenters. The molecule has 1 heterocycles. The van der Waals surface area contributed by atoms with Crippen LogP contribution < -0.4 is 4.90 Å². The van der Waals surface area contributed by atoms with Crippen molar-refractivity contribution < 1.29 is 10.2 Å². The monoisotopic (exact) mass is 293 g/mol. The smallest absolute Gasteiger partial charge is 0.147 e. The summed E-state index contributed by atoms with van der Waals surface area (Å²) in [6, 6.07) is 7.34. The van der Waals surface area contributed by atoms with Crippen molar-refractivity contribution in [3.05, 3.63) is 41.7 Å². The zero-order chi connectivity index (χ0) is 14.4. The average molecular weight is 294 g/mol. The fourth-order valence-corrected chi connectivity index (χ4v) is 1.98. The Morgan fingerprint density at radius 1 is 1.00 bits per heavy atom. The third kappa shape index (κ3) is 3.66. The largest absolute Gasteiger partial charge is 0.395 e. The zero-order valence-corrected chi connectivity index (χ0v) is 11.7. The molecule has 0 aliphatic rings. The van der Waals surface area contributed by atoms with Crippen molar-refractivity contribution in [2.75, 3.05) is 31.2 Å². The van der Waals surface area contributed by atoms with Crippen molar-refractivity contribution in [1.82, 2.24) is 9.97 Å². The maximum Gasteiger partial charge on any atom is 0.147 e. The number of halogens is 1. The van der Waals surface area contributed by atoms with Crippen LogP contribution in [-0.4, -0.2) is 46.5 Å². The second-order valence-electron chi connectivity index (χ2n) is 4.20. The Morgan fingerprint density at radius 3 is 2.25 bits per heavy atom. The fourth-order valence-electron chi connectivity index (χ4n) is 1.85. The molecular weight excluding hydrogens is 278 g/mol. The number of hydrogen-bond acceptors (Lipinski definition) is 5. The summed E-state index contributed by atoms with van der Waals surface area (Å²) >= 11 is 5.86. The normalized spacial score (nSPS) is 10.6. The summed E-state index contributed by atoms with van der Waals surface area (Å²) in [5.41, 5.74) is 1.64. The van der Waals surface area contributed by atoms with Crippen LogP contribution in [0.25, 0.3) is 11.3 Å². The first-order valence-corrected chi connectivity index (χ1v) is 6.67. The maximum absolute atomic E-state index is 9.06. The molecule has 0 aliphatic carbocycles. The Balaban J connectivity index is 2.28. The van der Waals surface area contributed by atoms with E-state index < -0.39 is 0 Å². The van der Waals surface area contributed by atoms with Gasteiger partial charge in [-0.2, -0.15) is 0 Å². The number of rotatable bonds is 6. The van der Waals surface area contributed by atoms with Gasteiger partial charge in [-0.05, 0) is 12.1 Å². The van der Waals surface area contributed by atoms with Crippen molar-refractivity contribution in [3.8, 4) is 11.3 Å². The van der Waals surface area contributed by atoms with Gasteiger partial charge in [-0.25, -0.2) is 4.98 Å². The lowest BCUT2D eigenvalue weighted by Crippen LogP contribution is -2.30. The van der Waals surface area contributed by atoms with E-state index in [0.29, 0.717) is 23.9 Å². The SMILES string of the molecule is OCCN(CCO)c1cncc(-c2ccc(Cl)cc2)n1. The molecule has 6 heteroatoms. The highest BCUT2D eigenvalue weighted by atomic mass is 35.5. The standard InChI is InChI=1S/C14H16ClN3O2/c15-12-3-1-11(2-4-12)13-9-16-10-14(17-13)18(5-7-19)6-8-20/h1-4,9-10,19-20H,5-8H2. The predicted molar refractivity (Wildman–Crippen MR) is 78.9 cm³/mol. The van der Waals surface area contributed by atoms with Gasteiger partial charge in [0.25, 0.3) is 0 Å². The molecular formula is C14H16ClN3O2. The molecule has 0 amide bonds. The van der Waals surface area contributed by atoms with Crippen LogP contribution in [0.4, 0.5) is 5.82 Å². The number of anilines is 1. The quantitative estimate of drug-likeness (QED) is 0.846. The number of nitrogens with zero attached hydrogens (tertiary/aromatic N) is 3. The molecule has 0 saturated heterocycles. The second kappa shape index (κ2) is 7.19. The van der Waals surface area contributed by atoms with Crippen LogP contribution in [0.3, 0.4) is 0 Å². The molecule has 2 N–H and O–H groups in total. The molecule has 2 rings (SSSR count). The molecule has 20 heavy (non-hydrogen) atoms. The second-order valence-corrected chi connectivity index (χ2v) is 4.64. The third-order valence-electron chi connectivity index (χ3n) is 2.83. The molecule has 1 aromatic carbocycles. The fraction of sp³-hybridized carbons (Fsp3) is 0.286. The maximum atomic E-state index is 9.06. The average Bonchev–Trinajstić information content (AvgIpc) is 2.48. The van der Waals surface area contributed by atoms with Crippen molar-refractivity contribution >= 4 is 17.4 Å². The summed E-state index contributed by atoms with van der Waals surface area (Å²) in [7, 11) is 0.